The van der Waals surface area contributed by atoms with E-state index in [2.05, 4.69) is 44.3 Å². The van der Waals surface area contributed by atoms with Crippen molar-refractivity contribution in [1.82, 2.24) is 24.4 Å². The van der Waals surface area contributed by atoms with Gasteiger partial charge in [0.1, 0.15) is 5.82 Å². The van der Waals surface area contributed by atoms with Crippen LogP contribution < -0.4 is 16.7 Å². The third kappa shape index (κ3) is 3.82. The molecule has 3 heterocycles. The molecule has 168 valence electrons. The zero-order chi connectivity index (χ0) is 23.3. The third-order valence-corrected chi connectivity index (χ3v) is 6.20. The maximum atomic E-state index is 13.0. The van der Waals surface area contributed by atoms with Crippen molar-refractivity contribution in [2.75, 3.05) is 24.6 Å². The quantitative estimate of drug-likeness (QED) is 0.502. The van der Waals surface area contributed by atoms with Gasteiger partial charge in [-0.05, 0) is 68.6 Å². The van der Waals surface area contributed by atoms with Gasteiger partial charge in [0.15, 0.2) is 5.65 Å². The number of anilines is 3. The van der Waals surface area contributed by atoms with Crippen molar-refractivity contribution >= 4 is 28.5 Å². The predicted octanol–water partition coefficient (Wildman–Crippen LogP) is 3.41. The number of aryl methyl sites for hydroxylation is 3. The topological polar surface area (TPSA) is 102 Å². The van der Waals surface area contributed by atoms with Crippen LogP contribution in [-0.2, 0) is 13.0 Å². The minimum absolute atomic E-state index is 0.270. The van der Waals surface area contributed by atoms with Crippen LogP contribution >= 0.6 is 0 Å². The molecule has 33 heavy (non-hydrogen) atoms. The van der Waals surface area contributed by atoms with E-state index in [-0.39, 0.29) is 11.5 Å². The van der Waals surface area contributed by atoms with E-state index in [4.69, 9.17) is 5.73 Å². The number of nitrogens with zero attached hydrogens (tertiary/aromatic N) is 5. The monoisotopic (exact) mass is 441 g/mol. The lowest BCUT2D eigenvalue weighted by Crippen LogP contribution is -2.26. The summed E-state index contributed by atoms with van der Waals surface area (Å²) < 4.78 is 1.45. The normalized spacial score (nSPS) is 13.8. The summed E-state index contributed by atoms with van der Waals surface area (Å²) in [5.41, 5.74) is 13.6. The number of nitrogens with one attached hydrogen (secondary N) is 1. The van der Waals surface area contributed by atoms with Gasteiger partial charge in [-0.2, -0.15) is 9.97 Å². The molecule has 0 atom stereocenters. The van der Waals surface area contributed by atoms with E-state index in [0.29, 0.717) is 11.3 Å². The molecule has 3 N–H and O–H groups in total. The number of hydrogen-bond acceptors (Lipinski definition) is 7. The van der Waals surface area contributed by atoms with Crippen LogP contribution in [0.3, 0.4) is 0 Å². The molecule has 4 aromatic rings. The van der Waals surface area contributed by atoms with Crippen molar-refractivity contribution in [2.45, 2.75) is 33.7 Å². The van der Waals surface area contributed by atoms with Crippen LogP contribution in [0.5, 0.6) is 0 Å². The molecular weight excluding hydrogens is 414 g/mol. The summed E-state index contributed by atoms with van der Waals surface area (Å²) in [6.07, 6.45) is 2.67. The average Bonchev–Trinajstić information content (AvgIpc) is 2.75. The van der Waals surface area contributed by atoms with Gasteiger partial charge in [0.25, 0.3) is 0 Å². The highest BCUT2D eigenvalue weighted by Crippen LogP contribution is 2.27. The number of likely N-dealkylation sites (N-methyl/N-ethyl adjacent to an activating group) is 1. The minimum Gasteiger partial charge on any atom is -0.384 e. The minimum atomic E-state index is -0.462. The molecule has 0 amide bonds. The van der Waals surface area contributed by atoms with E-state index < -0.39 is 5.69 Å². The second-order valence-corrected chi connectivity index (χ2v) is 8.89. The molecule has 0 bridgehead atoms. The van der Waals surface area contributed by atoms with Gasteiger partial charge in [0.2, 0.25) is 5.95 Å². The number of nitrogen functional groups attached to an aromatic ring is 1. The second-order valence-electron chi connectivity index (χ2n) is 8.89. The number of aromatic nitrogens is 4. The Kier molecular flexibility index (Phi) is 5.09. The first-order chi connectivity index (χ1) is 15.8. The Morgan fingerprint density at radius 2 is 1.79 bits per heavy atom. The predicted molar refractivity (Wildman–Crippen MR) is 131 cm³/mol. The fraction of sp³-hybridized carbons (Fsp3) is 0.280. The Labute approximate surface area is 192 Å². The molecule has 5 rings (SSSR count). The van der Waals surface area contributed by atoms with Crippen LogP contribution in [0, 0.1) is 20.8 Å². The molecule has 2 aromatic heterocycles. The van der Waals surface area contributed by atoms with E-state index in [1.807, 2.05) is 39.0 Å². The highest BCUT2D eigenvalue weighted by Gasteiger charge is 2.17. The number of nitrogens with two attached hydrogens (primary N) is 1. The molecule has 0 radical (unpaired) electrons. The number of benzene rings is 2. The van der Waals surface area contributed by atoms with E-state index in [1.165, 1.54) is 15.7 Å². The molecule has 0 saturated carbocycles. The van der Waals surface area contributed by atoms with Gasteiger partial charge in [0, 0.05) is 25.0 Å². The first-order valence-electron chi connectivity index (χ1n) is 11.0. The van der Waals surface area contributed by atoms with Gasteiger partial charge in [-0.3, -0.25) is 0 Å². The summed E-state index contributed by atoms with van der Waals surface area (Å²) in [6, 6.07) is 10.4. The van der Waals surface area contributed by atoms with Crippen LogP contribution in [0.2, 0.25) is 0 Å². The summed E-state index contributed by atoms with van der Waals surface area (Å²) in [4.78, 5) is 28.4. The number of hydrogen-bond donors (Lipinski definition) is 2. The molecule has 2 aromatic carbocycles. The lowest BCUT2D eigenvalue weighted by Gasteiger charge is -2.25. The second kappa shape index (κ2) is 7.97. The summed E-state index contributed by atoms with van der Waals surface area (Å²) in [7, 11) is 2.12. The lowest BCUT2D eigenvalue weighted by molar-refractivity contribution is 0.313. The molecule has 0 unspecified atom stereocenters. The molecule has 8 heteroatoms. The van der Waals surface area contributed by atoms with Crippen molar-refractivity contribution in [3.63, 3.8) is 0 Å². The Morgan fingerprint density at radius 3 is 2.55 bits per heavy atom. The largest absolute Gasteiger partial charge is 0.384 e. The van der Waals surface area contributed by atoms with Gasteiger partial charge < -0.3 is 16.0 Å². The Bertz CT molecular complexity index is 1430. The fourth-order valence-corrected chi connectivity index (χ4v) is 4.71. The van der Waals surface area contributed by atoms with Crippen LogP contribution in [0.4, 0.5) is 17.5 Å². The molecule has 0 saturated heterocycles. The fourth-order valence-electron chi connectivity index (χ4n) is 4.71. The summed E-state index contributed by atoms with van der Waals surface area (Å²) in [5, 5.41) is 3.77. The van der Waals surface area contributed by atoms with E-state index >= 15 is 0 Å². The van der Waals surface area contributed by atoms with Gasteiger partial charge >= 0.3 is 5.69 Å². The van der Waals surface area contributed by atoms with Gasteiger partial charge in [-0.15, -0.1) is 0 Å². The SMILES string of the molecule is Cc1cc(C)c(-n2c(N)c3cnc(Nc4ccc5c(c4)CN(C)CC5)nc3nc2=O)c(C)c1. The number of rotatable bonds is 3. The van der Waals surface area contributed by atoms with Crippen molar-refractivity contribution in [2.24, 2.45) is 0 Å². The maximum absolute atomic E-state index is 13.0. The highest BCUT2D eigenvalue weighted by molar-refractivity contribution is 5.86. The lowest BCUT2D eigenvalue weighted by atomic mass is 9.99. The van der Waals surface area contributed by atoms with E-state index in [1.54, 1.807) is 6.20 Å². The molecular formula is C25H27N7O. The zero-order valence-corrected chi connectivity index (χ0v) is 19.3. The maximum Gasteiger partial charge on any atom is 0.355 e. The van der Waals surface area contributed by atoms with Crippen LogP contribution in [-0.4, -0.2) is 38.0 Å². The van der Waals surface area contributed by atoms with Crippen LogP contribution in [0.1, 0.15) is 27.8 Å². The molecule has 1 aliphatic heterocycles. The summed E-state index contributed by atoms with van der Waals surface area (Å²) >= 11 is 0. The smallest absolute Gasteiger partial charge is 0.355 e. The molecule has 8 nitrogen and oxygen atoms in total. The Balaban J connectivity index is 1.53. The van der Waals surface area contributed by atoms with Crippen molar-refractivity contribution in [1.29, 1.82) is 0 Å². The van der Waals surface area contributed by atoms with Gasteiger partial charge in [0.05, 0.1) is 11.1 Å². The zero-order valence-electron chi connectivity index (χ0n) is 19.3. The third-order valence-electron chi connectivity index (χ3n) is 6.20. The highest BCUT2D eigenvalue weighted by atomic mass is 16.1. The van der Waals surface area contributed by atoms with Crippen molar-refractivity contribution in [3.8, 4) is 5.69 Å². The molecule has 0 fully saturated rings. The van der Waals surface area contributed by atoms with Crippen molar-refractivity contribution in [3.05, 3.63) is 74.8 Å². The molecule has 0 spiro atoms. The van der Waals surface area contributed by atoms with E-state index in [0.717, 1.165) is 47.6 Å². The molecule has 1 aliphatic rings. The average molecular weight is 442 g/mol. The first-order valence-corrected chi connectivity index (χ1v) is 11.0. The number of fused-ring (bicyclic) bond motifs is 2. The standard InChI is InChI=1S/C25H27N7O/c1-14-9-15(2)21(16(3)10-14)32-22(26)20-12-27-24(29-23(20)30-25(32)33)28-19-6-5-17-7-8-31(4)13-18(17)11-19/h5-6,9-12H,7-8,13,26H2,1-4H3,(H,28,29,30,33). The van der Waals surface area contributed by atoms with Gasteiger partial charge in [-0.25, -0.2) is 14.3 Å². The Hall–Kier alpha value is -3.78. The first kappa shape index (κ1) is 21.1. The van der Waals surface area contributed by atoms with Crippen LogP contribution in [0.25, 0.3) is 16.7 Å². The van der Waals surface area contributed by atoms with Crippen LogP contribution in [0.15, 0.2) is 41.3 Å². The Morgan fingerprint density at radius 1 is 1.03 bits per heavy atom. The van der Waals surface area contributed by atoms with E-state index in [9.17, 15) is 4.79 Å². The summed E-state index contributed by atoms with van der Waals surface area (Å²) in [5.74, 6) is 0.654. The summed E-state index contributed by atoms with van der Waals surface area (Å²) in [6.45, 7) is 7.94. The van der Waals surface area contributed by atoms with Gasteiger partial charge in [-0.1, -0.05) is 23.8 Å². The van der Waals surface area contributed by atoms with Crippen molar-refractivity contribution < 1.29 is 0 Å². The molecule has 0 aliphatic carbocycles.